The zero-order valence-corrected chi connectivity index (χ0v) is 21.2. The third-order valence-electron chi connectivity index (χ3n) is 5.77. The van der Waals surface area contributed by atoms with Crippen LogP contribution in [0.2, 0.25) is 10.3 Å². The highest BCUT2D eigenvalue weighted by molar-refractivity contribution is 6.30. The first-order chi connectivity index (χ1) is 16.5. The summed E-state index contributed by atoms with van der Waals surface area (Å²) in [5.41, 5.74) is -0.925. The van der Waals surface area contributed by atoms with Gasteiger partial charge in [-0.3, -0.25) is 9.59 Å². The minimum atomic E-state index is -1.27. The van der Waals surface area contributed by atoms with Crippen molar-refractivity contribution in [2.45, 2.75) is 51.7 Å². The van der Waals surface area contributed by atoms with Crippen molar-refractivity contribution in [3.63, 3.8) is 0 Å². The minimum Gasteiger partial charge on any atom is -0.492 e. The van der Waals surface area contributed by atoms with E-state index < -0.39 is 17.5 Å². The zero-order valence-electron chi connectivity index (χ0n) is 19.7. The van der Waals surface area contributed by atoms with Crippen LogP contribution in [0.1, 0.15) is 55.7 Å². The van der Waals surface area contributed by atoms with E-state index >= 15 is 0 Å². The lowest BCUT2D eigenvalue weighted by atomic mass is 9.82. The highest BCUT2D eigenvalue weighted by atomic mass is 35.5. The number of carboxylic acid groups (broad SMARTS) is 1. The third kappa shape index (κ3) is 7.89. The van der Waals surface area contributed by atoms with Crippen molar-refractivity contribution in [1.82, 2.24) is 14.9 Å². The van der Waals surface area contributed by atoms with Crippen LogP contribution in [-0.2, 0) is 11.3 Å². The topological polar surface area (TPSA) is 114 Å². The van der Waals surface area contributed by atoms with Crippen molar-refractivity contribution in [3.05, 3.63) is 46.0 Å². The molecule has 0 unspecified atom stereocenters. The molecule has 35 heavy (non-hydrogen) atoms. The molecule has 1 saturated carbocycles. The fraction of sp³-hybridized carbons (Fsp3) is 0.480. The number of halogens is 2. The summed E-state index contributed by atoms with van der Waals surface area (Å²) in [6.45, 7) is 3.94. The Morgan fingerprint density at radius 1 is 1.20 bits per heavy atom. The maximum absolute atomic E-state index is 13.2. The normalized spacial score (nSPS) is 17.9. The van der Waals surface area contributed by atoms with Crippen LogP contribution < -0.4 is 10.1 Å². The van der Waals surface area contributed by atoms with E-state index in [2.05, 4.69) is 22.1 Å². The number of carbonyl (C=O) groups excluding carboxylic acids is 1. The summed E-state index contributed by atoms with van der Waals surface area (Å²) >= 11 is 12.3. The molecule has 1 aliphatic rings. The van der Waals surface area contributed by atoms with E-state index in [0.29, 0.717) is 30.2 Å². The second kappa shape index (κ2) is 11.8. The Balaban J connectivity index is 1.73. The summed E-state index contributed by atoms with van der Waals surface area (Å²) in [6.07, 6.45) is 2.67. The molecule has 1 aromatic carbocycles. The molecule has 10 heteroatoms. The maximum Gasteiger partial charge on any atom is 0.306 e. The lowest BCUT2D eigenvalue weighted by molar-refractivity contribution is -0.143. The first-order valence-corrected chi connectivity index (χ1v) is 12.2. The Morgan fingerprint density at radius 2 is 1.86 bits per heavy atom. The second-order valence-corrected chi connectivity index (χ2v) is 9.88. The molecule has 188 valence electrons. The average Bonchev–Trinajstić information content (AvgIpc) is 3.12. The number of ether oxygens (including phenoxy) is 1. The van der Waals surface area contributed by atoms with Crippen molar-refractivity contribution >= 4 is 35.1 Å². The van der Waals surface area contributed by atoms with Crippen LogP contribution in [0.25, 0.3) is 0 Å². The monoisotopic (exact) mass is 521 g/mol. The molecule has 1 heterocycles. The van der Waals surface area contributed by atoms with Crippen LogP contribution in [0, 0.1) is 23.7 Å². The maximum atomic E-state index is 13.2. The van der Waals surface area contributed by atoms with Gasteiger partial charge in [0.05, 0.1) is 12.5 Å². The predicted molar refractivity (Wildman–Crippen MR) is 133 cm³/mol. The molecule has 0 spiro atoms. The van der Waals surface area contributed by atoms with Gasteiger partial charge < -0.3 is 24.8 Å². The number of nitrogens with one attached hydrogen (secondary N) is 1. The number of hydrogen-bond donors (Lipinski definition) is 3. The van der Waals surface area contributed by atoms with Gasteiger partial charge >= 0.3 is 5.97 Å². The summed E-state index contributed by atoms with van der Waals surface area (Å²) in [6, 6.07) is 6.91. The van der Waals surface area contributed by atoms with Crippen LogP contribution in [0.5, 0.6) is 5.75 Å². The smallest absolute Gasteiger partial charge is 0.306 e. The Morgan fingerprint density at radius 3 is 2.46 bits per heavy atom. The molecule has 0 atom stereocenters. The number of imidazole rings is 1. The summed E-state index contributed by atoms with van der Waals surface area (Å²) in [4.78, 5) is 28.6. The summed E-state index contributed by atoms with van der Waals surface area (Å²) in [7, 11) is 0. The number of benzene rings is 1. The number of aliphatic carboxylic acids is 1. The van der Waals surface area contributed by atoms with Crippen molar-refractivity contribution in [3.8, 4) is 17.6 Å². The average molecular weight is 522 g/mol. The molecule has 1 fully saturated rings. The minimum absolute atomic E-state index is 0.0804. The number of amides is 1. The number of aromatic nitrogens is 2. The SMILES string of the molecule is CC(C)(O)C#Cc1nc(Cl)n(CCOc2ccc(Cl)cc2)c1C(=O)NCC1CCC(C(=O)O)CC1. The van der Waals surface area contributed by atoms with Gasteiger partial charge in [-0.1, -0.05) is 17.5 Å². The summed E-state index contributed by atoms with van der Waals surface area (Å²) in [5.74, 6) is 4.79. The van der Waals surface area contributed by atoms with E-state index in [1.807, 2.05) is 0 Å². The van der Waals surface area contributed by atoms with Crippen LogP contribution in [0.15, 0.2) is 24.3 Å². The van der Waals surface area contributed by atoms with Crippen molar-refractivity contribution in [2.24, 2.45) is 11.8 Å². The van der Waals surface area contributed by atoms with Crippen LogP contribution in [-0.4, -0.2) is 50.4 Å². The van der Waals surface area contributed by atoms with Gasteiger partial charge in [-0.25, -0.2) is 4.98 Å². The molecular formula is C25H29Cl2N3O5. The van der Waals surface area contributed by atoms with E-state index in [4.69, 9.17) is 27.9 Å². The first kappa shape index (κ1) is 26.9. The van der Waals surface area contributed by atoms with Crippen molar-refractivity contribution in [2.75, 3.05) is 13.2 Å². The summed E-state index contributed by atoms with van der Waals surface area (Å²) < 4.78 is 7.27. The van der Waals surface area contributed by atoms with Gasteiger partial charge in [0.15, 0.2) is 0 Å². The largest absolute Gasteiger partial charge is 0.492 e. The van der Waals surface area contributed by atoms with Gasteiger partial charge in [-0.15, -0.1) is 0 Å². The van der Waals surface area contributed by atoms with E-state index in [9.17, 15) is 19.8 Å². The fourth-order valence-corrected chi connectivity index (χ4v) is 4.26. The van der Waals surface area contributed by atoms with Crippen molar-refractivity contribution < 1.29 is 24.5 Å². The number of aliphatic hydroxyl groups is 1. The number of carboxylic acids is 1. The lowest BCUT2D eigenvalue weighted by Gasteiger charge is -2.26. The first-order valence-electron chi connectivity index (χ1n) is 11.4. The molecule has 2 aromatic rings. The molecule has 8 nitrogen and oxygen atoms in total. The predicted octanol–water partition coefficient (Wildman–Crippen LogP) is 4.01. The molecule has 0 aliphatic heterocycles. The van der Waals surface area contributed by atoms with Crippen molar-refractivity contribution in [1.29, 1.82) is 0 Å². The Hall–Kier alpha value is -2.73. The lowest BCUT2D eigenvalue weighted by Crippen LogP contribution is -2.34. The highest BCUT2D eigenvalue weighted by Crippen LogP contribution is 2.28. The van der Waals surface area contributed by atoms with Gasteiger partial charge in [-0.05, 0) is 87.2 Å². The van der Waals surface area contributed by atoms with Crippen LogP contribution in [0.4, 0.5) is 0 Å². The van der Waals surface area contributed by atoms with Gasteiger partial charge in [0.2, 0.25) is 5.28 Å². The molecule has 1 amide bonds. The number of carbonyl (C=O) groups is 2. The quantitative estimate of drug-likeness (QED) is 0.452. The van der Waals surface area contributed by atoms with Gasteiger partial charge in [0, 0.05) is 11.6 Å². The molecule has 0 saturated heterocycles. The molecule has 0 radical (unpaired) electrons. The molecule has 1 aromatic heterocycles. The number of nitrogens with zero attached hydrogens (tertiary/aromatic N) is 2. The highest BCUT2D eigenvalue weighted by Gasteiger charge is 2.27. The van der Waals surface area contributed by atoms with Gasteiger partial charge in [-0.2, -0.15) is 0 Å². The standard InChI is InChI=1S/C25H29Cl2N3O5/c1-25(2,34)12-11-20-21(22(31)28-15-16-3-5-17(6-4-16)23(32)33)30(24(27)29-20)13-14-35-19-9-7-18(26)8-10-19/h7-10,16-17,34H,3-6,13-15H2,1-2H3,(H,28,31)(H,32,33). The Bertz CT molecular complexity index is 1110. The molecule has 1 aliphatic carbocycles. The fourth-order valence-electron chi connectivity index (χ4n) is 3.88. The van der Waals surface area contributed by atoms with Gasteiger partial charge in [0.25, 0.3) is 5.91 Å². The molecule has 0 bridgehead atoms. The van der Waals surface area contributed by atoms with E-state index in [1.165, 1.54) is 18.4 Å². The molecule has 3 N–H and O–H groups in total. The van der Waals surface area contributed by atoms with Crippen LogP contribution in [0.3, 0.4) is 0 Å². The van der Waals surface area contributed by atoms with Gasteiger partial charge in [0.1, 0.15) is 29.3 Å². The third-order valence-corrected chi connectivity index (χ3v) is 6.31. The Labute approximate surface area is 214 Å². The summed E-state index contributed by atoms with van der Waals surface area (Å²) in [5, 5.41) is 22.8. The Kier molecular flexibility index (Phi) is 9.06. The molecule has 3 rings (SSSR count). The van der Waals surface area contributed by atoms with E-state index in [1.54, 1.807) is 24.3 Å². The second-order valence-electron chi connectivity index (χ2n) is 9.11. The zero-order chi connectivity index (χ0) is 25.6. The number of hydrogen-bond acceptors (Lipinski definition) is 5. The van der Waals surface area contributed by atoms with E-state index in [-0.39, 0.29) is 41.7 Å². The number of rotatable bonds is 8. The van der Waals surface area contributed by atoms with Crippen LogP contribution >= 0.6 is 23.2 Å². The molecular weight excluding hydrogens is 493 g/mol. The van der Waals surface area contributed by atoms with E-state index in [0.717, 1.165) is 12.8 Å².